The van der Waals surface area contributed by atoms with Crippen LogP contribution in [0.3, 0.4) is 0 Å². The van der Waals surface area contributed by atoms with Gasteiger partial charge >= 0.3 is 41.2 Å². The van der Waals surface area contributed by atoms with E-state index in [1.165, 1.54) is 109 Å². The second-order valence-corrected chi connectivity index (χ2v) is 9.55. The van der Waals surface area contributed by atoms with Crippen molar-refractivity contribution in [1.82, 2.24) is 0 Å². The van der Waals surface area contributed by atoms with Crippen molar-refractivity contribution < 1.29 is 63.3 Å². The van der Waals surface area contributed by atoms with E-state index in [4.69, 9.17) is 18.9 Å². The molecule has 13 heteroatoms. The molecule has 0 spiro atoms. The second-order valence-electron chi connectivity index (χ2n) is 9.55. The van der Waals surface area contributed by atoms with E-state index in [1.54, 1.807) is 0 Å². The van der Waals surface area contributed by atoms with Gasteiger partial charge in [0.1, 0.15) is 0 Å². The quantitative estimate of drug-likeness (QED) is 0.0767. The molecule has 4 atom stereocenters. The van der Waals surface area contributed by atoms with Crippen LogP contribution in [0.2, 0.25) is 0 Å². The Morgan fingerprint density at radius 1 is 0.522 bits per heavy atom. The summed E-state index contributed by atoms with van der Waals surface area (Å²) >= 11 is 0. The lowest BCUT2D eigenvalue weighted by Crippen LogP contribution is -2.76. The van der Waals surface area contributed by atoms with Crippen LogP contribution in [-0.4, -0.2) is 74.2 Å². The fourth-order valence-electron chi connectivity index (χ4n) is 4.00. The number of hydrogen-bond donors (Lipinski definition) is 4. The Balaban J connectivity index is 1.88. The molecule has 0 heterocycles. The Bertz CT molecular complexity index is 1680. The molecule has 0 bridgehead atoms. The third-order valence-corrected chi connectivity index (χ3v) is 6.46. The molecule has 0 aliphatic heterocycles. The van der Waals surface area contributed by atoms with Gasteiger partial charge in [0.25, 0.3) is 6.29 Å². The zero-order valence-electron chi connectivity index (χ0n) is 23.7. The molecular weight excluding hydrogens is 604 g/mol. The topological polar surface area (TPSA) is 203 Å². The molecule has 4 rings (SSSR count). The molecule has 4 N–H and O–H groups in total. The summed E-state index contributed by atoms with van der Waals surface area (Å²) in [5.41, 5.74) is -1.23. The average Bonchev–Trinajstić information content (AvgIpc) is 3.09. The van der Waals surface area contributed by atoms with Crippen LogP contribution in [0.1, 0.15) is 41.4 Å². The Morgan fingerprint density at radius 3 is 1.22 bits per heavy atom. The third kappa shape index (κ3) is 6.82. The number of rotatable bonds is 12. The standard InChI is InChI=1S/C33H26O13/c34-21-31(40,44-27(36)23-15-7-2-8-16-23)33(42,46-29(38)25-19-11-4-12-20-25)32(41,45-28(37)24-17-9-3-10-18-24)30(39)43-26(35)22-13-5-1-6-14-22/h1-21,30,39-42H/t30?,31-,32+,33-/m1/s1. The van der Waals surface area contributed by atoms with Gasteiger partial charge in [0.2, 0.25) is 0 Å². The molecule has 0 saturated carbocycles. The highest BCUT2D eigenvalue weighted by molar-refractivity contribution is 5.93. The molecule has 0 aliphatic carbocycles. The minimum atomic E-state index is -4.46. The van der Waals surface area contributed by atoms with Crippen molar-refractivity contribution in [2.75, 3.05) is 0 Å². The zero-order valence-corrected chi connectivity index (χ0v) is 23.7. The average molecular weight is 631 g/mol. The molecule has 46 heavy (non-hydrogen) atoms. The number of aldehydes is 1. The molecule has 1 unspecified atom stereocenters. The fourth-order valence-corrected chi connectivity index (χ4v) is 4.00. The van der Waals surface area contributed by atoms with Crippen LogP contribution >= 0.6 is 0 Å². The van der Waals surface area contributed by atoms with Crippen LogP contribution in [0.5, 0.6) is 0 Å². The first-order valence-corrected chi connectivity index (χ1v) is 13.4. The van der Waals surface area contributed by atoms with Gasteiger partial charge in [0.05, 0.1) is 22.3 Å². The highest BCUT2D eigenvalue weighted by Gasteiger charge is 2.76. The smallest absolute Gasteiger partial charge is 0.358 e. The summed E-state index contributed by atoms with van der Waals surface area (Å²) in [5, 5.41) is 46.4. The van der Waals surface area contributed by atoms with Crippen molar-refractivity contribution in [3.63, 3.8) is 0 Å². The maximum Gasteiger partial charge on any atom is 0.358 e. The first kappa shape index (κ1) is 33.2. The summed E-state index contributed by atoms with van der Waals surface area (Å²) in [4.78, 5) is 64.8. The summed E-state index contributed by atoms with van der Waals surface area (Å²) in [7, 11) is 0. The molecular formula is C33H26O13. The number of hydrogen-bond acceptors (Lipinski definition) is 13. The minimum absolute atomic E-state index is 0.218. The van der Waals surface area contributed by atoms with E-state index >= 15 is 0 Å². The van der Waals surface area contributed by atoms with Crippen molar-refractivity contribution >= 4 is 30.2 Å². The fraction of sp³-hybridized carbons (Fsp3) is 0.121. The second kappa shape index (κ2) is 13.9. The van der Waals surface area contributed by atoms with Crippen molar-refractivity contribution in [3.05, 3.63) is 144 Å². The molecule has 4 aromatic carbocycles. The molecule has 0 aliphatic rings. The van der Waals surface area contributed by atoms with Crippen LogP contribution in [0.4, 0.5) is 0 Å². The molecule has 0 amide bonds. The van der Waals surface area contributed by atoms with E-state index in [1.807, 2.05) is 0 Å². The summed E-state index contributed by atoms with van der Waals surface area (Å²) < 4.78 is 19.8. The van der Waals surface area contributed by atoms with Crippen molar-refractivity contribution in [3.8, 4) is 0 Å². The molecule has 13 nitrogen and oxygen atoms in total. The Hall–Kier alpha value is -5.73. The van der Waals surface area contributed by atoms with Crippen LogP contribution in [-0.2, 0) is 23.7 Å². The lowest BCUT2D eigenvalue weighted by Gasteiger charge is -2.46. The van der Waals surface area contributed by atoms with E-state index in [0.29, 0.717) is 0 Å². The van der Waals surface area contributed by atoms with E-state index in [0.717, 1.165) is 12.1 Å². The normalized spacial score (nSPS) is 15.4. The predicted octanol–water partition coefficient (Wildman–Crippen LogP) is 2.00. The number of carbonyl (C=O) groups is 5. The van der Waals surface area contributed by atoms with Crippen LogP contribution in [0, 0.1) is 0 Å². The highest BCUT2D eigenvalue weighted by Crippen LogP contribution is 2.40. The SMILES string of the molecule is O=C[C@@](O)(OC(=O)c1ccccc1)[C@@](O)(OC(=O)c1ccccc1)[C@@](O)(OC(=O)c1ccccc1)C(O)OC(=O)c1ccccc1. The Labute approximate surface area is 260 Å². The van der Waals surface area contributed by atoms with E-state index in [9.17, 15) is 44.4 Å². The van der Waals surface area contributed by atoms with Gasteiger partial charge < -0.3 is 39.4 Å². The number of benzene rings is 4. The first-order valence-electron chi connectivity index (χ1n) is 13.4. The maximum absolute atomic E-state index is 13.3. The van der Waals surface area contributed by atoms with E-state index in [-0.39, 0.29) is 22.3 Å². The number of aliphatic hydroxyl groups excluding tert-OH is 1. The molecule has 236 valence electrons. The number of carbonyl (C=O) groups excluding carboxylic acids is 5. The van der Waals surface area contributed by atoms with Gasteiger partial charge in [-0.2, -0.15) is 0 Å². The molecule has 0 aromatic heterocycles. The first-order chi connectivity index (χ1) is 21.9. The van der Waals surface area contributed by atoms with Gasteiger partial charge in [0.15, 0.2) is 6.29 Å². The van der Waals surface area contributed by atoms with Crippen LogP contribution in [0.25, 0.3) is 0 Å². The summed E-state index contributed by atoms with van der Waals surface area (Å²) in [6, 6.07) is 26.6. The zero-order chi connectivity index (χ0) is 33.4. The predicted molar refractivity (Wildman–Crippen MR) is 154 cm³/mol. The Morgan fingerprint density at radius 2 is 0.848 bits per heavy atom. The van der Waals surface area contributed by atoms with Gasteiger partial charge in [-0.3, -0.25) is 4.79 Å². The van der Waals surface area contributed by atoms with Gasteiger partial charge in [0, 0.05) is 0 Å². The van der Waals surface area contributed by atoms with Crippen molar-refractivity contribution in [2.45, 2.75) is 23.7 Å². The van der Waals surface area contributed by atoms with Crippen molar-refractivity contribution in [1.29, 1.82) is 0 Å². The number of aliphatic hydroxyl groups is 4. The molecule has 4 aromatic rings. The largest absolute Gasteiger partial charge is 0.425 e. The van der Waals surface area contributed by atoms with Crippen molar-refractivity contribution in [2.24, 2.45) is 0 Å². The van der Waals surface area contributed by atoms with Gasteiger partial charge in [-0.25, -0.2) is 19.2 Å². The minimum Gasteiger partial charge on any atom is -0.425 e. The molecule has 0 radical (unpaired) electrons. The monoisotopic (exact) mass is 630 g/mol. The van der Waals surface area contributed by atoms with Crippen LogP contribution in [0.15, 0.2) is 121 Å². The van der Waals surface area contributed by atoms with Gasteiger partial charge in [-0.1, -0.05) is 72.8 Å². The lowest BCUT2D eigenvalue weighted by molar-refractivity contribution is -0.458. The number of esters is 4. The van der Waals surface area contributed by atoms with E-state index in [2.05, 4.69) is 0 Å². The lowest BCUT2D eigenvalue weighted by atomic mass is 9.94. The van der Waals surface area contributed by atoms with Crippen LogP contribution < -0.4 is 0 Å². The summed E-state index contributed by atoms with van der Waals surface area (Å²) in [6.07, 6.45) is -3.91. The maximum atomic E-state index is 13.3. The molecule has 0 fully saturated rings. The summed E-state index contributed by atoms with van der Waals surface area (Å²) in [6.45, 7) is 0. The van der Waals surface area contributed by atoms with E-state index < -0.39 is 53.8 Å². The molecule has 0 saturated heterocycles. The summed E-state index contributed by atoms with van der Waals surface area (Å²) in [5.74, 6) is -19.0. The third-order valence-electron chi connectivity index (χ3n) is 6.46. The highest BCUT2D eigenvalue weighted by atomic mass is 16.8. The van der Waals surface area contributed by atoms with Gasteiger partial charge in [-0.05, 0) is 48.5 Å². The Kier molecular flexibility index (Phi) is 10.0. The van der Waals surface area contributed by atoms with Gasteiger partial charge in [-0.15, -0.1) is 0 Å². The number of ether oxygens (including phenoxy) is 4.